The van der Waals surface area contributed by atoms with Crippen molar-refractivity contribution in [2.24, 2.45) is 0 Å². The normalized spacial score (nSPS) is 12.5. The average Bonchev–Trinajstić information content (AvgIpc) is 2.31. The summed E-state index contributed by atoms with van der Waals surface area (Å²) in [4.78, 5) is 13.8. The summed E-state index contributed by atoms with van der Waals surface area (Å²) in [5.74, 6) is 0.0273. The van der Waals surface area contributed by atoms with Crippen LogP contribution in [0, 0.1) is 0 Å². The molecule has 0 saturated heterocycles. The summed E-state index contributed by atoms with van der Waals surface area (Å²) in [6, 6.07) is -0.143. The Hall–Kier alpha value is -0.870. The highest BCUT2D eigenvalue weighted by Crippen LogP contribution is 1.86. The zero-order valence-electron chi connectivity index (χ0n) is 10.8. The molecule has 0 saturated carbocycles. The molecule has 0 aromatic heterocycles. The van der Waals surface area contributed by atoms with Crippen molar-refractivity contribution in [3.05, 3.63) is 12.7 Å². The molecule has 0 heterocycles. The monoisotopic (exact) mass is 227 g/mol. The van der Waals surface area contributed by atoms with Crippen LogP contribution in [0.4, 0.5) is 0 Å². The second-order valence-corrected chi connectivity index (χ2v) is 3.74. The lowest BCUT2D eigenvalue weighted by Crippen LogP contribution is -2.44. The van der Waals surface area contributed by atoms with E-state index >= 15 is 0 Å². The molecule has 1 amide bonds. The first kappa shape index (κ1) is 15.1. The van der Waals surface area contributed by atoms with Crippen LogP contribution in [0.15, 0.2) is 12.7 Å². The predicted octanol–water partition coefficient (Wildman–Crippen LogP) is 0.609. The van der Waals surface area contributed by atoms with Gasteiger partial charge >= 0.3 is 0 Å². The Bertz CT molecular complexity index is 202. The van der Waals surface area contributed by atoms with E-state index in [0.29, 0.717) is 6.54 Å². The third-order valence-electron chi connectivity index (χ3n) is 2.59. The number of carbonyl (C=O) groups is 1. The van der Waals surface area contributed by atoms with Gasteiger partial charge < -0.3 is 15.5 Å². The summed E-state index contributed by atoms with van der Waals surface area (Å²) in [7, 11) is 0. The zero-order chi connectivity index (χ0) is 12.4. The van der Waals surface area contributed by atoms with Crippen LogP contribution in [0.1, 0.15) is 20.8 Å². The lowest BCUT2D eigenvalue weighted by Gasteiger charge is -2.20. The lowest BCUT2D eigenvalue weighted by atomic mass is 10.3. The van der Waals surface area contributed by atoms with Gasteiger partial charge in [-0.2, -0.15) is 0 Å². The van der Waals surface area contributed by atoms with E-state index in [1.807, 2.05) is 6.92 Å². The van der Waals surface area contributed by atoms with Gasteiger partial charge in [0, 0.05) is 19.6 Å². The van der Waals surface area contributed by atoms with Gasteiger partial charge in [-0.15, -0.1) is 6.58 Å². The molecule has 1 atom stereocenters. The molecule has 2 N–H and O–H groups in total. The Balaban J connectivity index is 3.67. The first-order valence-electron chi connectivity index (χ1n) is 6.00. The smallest absolute Gasteiger partial charge is 0.237 e. The highest BCUT2D eigenvalue weighted by Gasteiger charge is 2.10. The number of rotatable bonds is 9. The van der Waals surface area contributed by atoms with Crippen LogP contribution >= 0.6 is 0 Å². The van der Waals surface area contributed by atoms with E-state index in [1.54, 1.807) is 6.08 Å². The Kier molecular flexibility index (Phi) is 8.85. The Morgan fingerprint density at radius 3 is 2.56 bits per heavy atom. The first-order valence-corrected chi connectivity index (χ1v) is 6.00. The van der Waals surface area contributed by atoms with Crippen LogP contribution < -0.4 is 10.6 Å². The highest BCUT2D eigenvalue weighted by molar-refractivity contribution is 5.81. The molecule has 16 heavy (non-hydrogen) atoms. The van der Waals surface area contributed by atoms with E-state index in [0.717, 1.165) is 26.2 Å². The van der Waals surface area contributed by atoms with Crippen molar-refractivity contribution in [3.63, 3.8) is 0 Å². The molecule has 0 aromatic rings. The molecule has 0 bridgehead atoms. The fourth-order valence-electron chi connectivity index (χ4n) is 1.40. The quantitative estimate of drug-likeness (QED) is 0.567. The molecule has 0 aromatic carbocycles. The van der Waals surface area contributed by atoms with Crippen molar-refractivity contribution in [1.82, 2.24) is 15.5 Å². The molecule has 1 unspecified atom stereocenters. The van der Waals surface area contributed by atoms with Crippen molar-refractivity contribution >= 4 is 5.91 Å². The summed E-state index contributed by atoms with van der Waals surface area (Å²) in [6.07, 6.45) is 1.68. The van der Waals surface area contributed by atoms with Crippen molar-refractivity contribution in [1.29, 1.82) is 0 Å². The molecular weight excluding hydrogens is 202 g/mol. The molecule has 0 radical (unpaired) electrons. The molecule has 94 valence electrons. The molecule has 4 nitrogen and oxygen atoms in total. The number of hydrogen-bond donors (Lipinski definition) is 2. The van der Waals surface area contributed by atoms with Crippen molar-refractivity contribution < 1.29 is 4.79 Å². The van der Waals surface area contributed by atoms with Gasteiger partial charge in [0.2, 0.25) is 5.91 Å². The average molecular weight is 227 g/mol. The molecule has 4 heteroatoms. The van der Waals surface area contributed by atoms with Gasteiger partial charge in [0.15, 0.2) is 0 Å². The van der Waals surface area contributed by atoms with Gasteiger partial charge in [-0.3, -0.25) is 4.79 Å². The van der Waals surface area contributed by atoms with E-state index < -0.39 is 0 Å². The van der Waals surface area contributed by atoms with Crippen LogP contribution in [-0.2, 0) is 4.79 Å². The van der Waals surface area contributed by atoms with Gasteiger partial charge in [0.1, 0.15) is 0 Å². The largest absolute Gasteiger partial charge is 0.351 e. The maximum Gasteiger partial charge on any atom is 0.237 e. The summed E-state index contributed by atoms with van der Waals surface area (Å²) in [6.45, 7) is 14.2. The van der Waals surface area contributed by atoms with E-state index in [9.17, 15) is 4.79 Å². The Morgan fingerprint density at radius 1 is 1.44 bits per heavy atom. The first-order chi connectivity index (χ1) is 7.65. The second-order valence-electron chi connectivity index (χ2n) is 3.74. The fourth-order valence-corrected chi connectivity index (χ4v) is 1.40. The SMILES string of the molecule is C=CCNC(=O)C(C)NCCN(CC)CC. The number of carbonyl (C=O) groups excluding carboxylic acids is 1. The fraction of sp³-hybridized carbons (Fsp3) is 0.750. The summed E-state index contributed by atoms with van der Waals surface area (Å²) in [5.41, 5.74) is 0. The summed E-state index contributed by atoms with van der Waals surface area (Å²) >= 11 is 0. The maximum atomic E-state index is 11.5. The minimum Gasteiger partial charge on any atom is -0.351 e. The molecule has 0 fully saturated rings. The van der Waals surface area contributed by atoms with Crippen molar-refractivity contribution in [2.45, 2.75) is 26.8 Å². The lowest BCUT2D eigenvalue weighted by molar-refractivity contribution is -0.122. The minimum absolute atomic E-state index is 0.0273. The molecular formula is C12H25N3O. The second kappa shape index (κ2) is 9.36. The van der Waals surface area contributed by atoms with E-state index in [-0.39, 0.29) is 11.9 Å². The van der Waals surface area contributed by atoms with Gasteiger partial charge in [-0.25, -0.2) is 0 Å². The van der Waals surface area contributed by atoms with Crippen LogP contribution in [0.2, 0.25) is 0 Å². The van der Waals surface area contributed by atoms with E-state index in [2.05, 4.69) is 36.0 Å². The highest BCUT2D eigenvalue weighted by atomic mass is 16.2. The van der Waals surface area contributed by atoms with Gasteiger partial charge in [-0.05, 0) is 20.0 Å². The third-order valence-corrected chi connectivity index (χ3v) is 2.59. The topological polar surface area (TPSA) is 44.4 Å². The van der Waals surface area contributed by atoms with Crippen molar-refractivity contribution in [2.75, 3.05) is 32.7 Å². The van der Waals surface area contributed by atoms with Crippen LogP contribution in [0.3, 0.4) is 0 Å². The summed E-state index contributed by atoms with van der Waals surface area (Å²) in [5, 5.41) is 5.97. The number of hydrogen-bond acceptors (Lipinski definition) is 3. The zero-order valence-corrected chi connectivity index (χ0v) is 10.8. The number of nitrogens with zero attached hydrogens (tertiary/aromatic N) is 1. The van der Waals surface area contributed by atoms with Gasteiger partial charge in [0.25, 0.3) is 0 Å². The van der Waals surface area contributed by atoms with Crippen LogP contribution in [0.25, 0.3) is 0 Å². The van der Waals surface area contributed by atoms with Crippen LogP contribution in [0.5, 0.6) is 0 Å². The van der Waals surface area contributed by atoms with Gasteiger partial charge in [-0.1, -0.05) is 19.9 Å². The third kappa shape index (κ3) is 6.58. The van der Waals surface area contributed by atoms with Crippen molar-refractivity contribution in [3.8, 4) is 0 Å². The Morgan fingerprint density at radius 2 is 2.06 bits per heavy atom. The van der Waals surface area contributed by atoms with E-state index in [4.69, 9.17) is 0 Å². The maximum absolute atomic E-state index is 11.5. The predicted molar refractivity (Wildman–Crippen MR) is 68.5 cm³/mol. The van der Waals surface area contributed by atoms with Crippen LogP contribution in [-0.4, -0.2) is 49.6 Å². The number of nitrogens with one attached hydrogen (secondary N) is 2. The number of likely N-dealkylation sites (N-methyl/N-ethyl adjacent to an activating group) is 1. The Labute approximate surface area is 99.1 Å². The molecule has 0 rings (SSSR count). The minimum atomic E-state index is -0.143. The molecule has 0 aliphatic rings. The standard InChI is InChI=1S/C12H25N3O/c1-5-8-14-12(16)11(4)13-9-10-15(6-2)7-3/h5,11,13H,1,6-10H2,2-4H3,(H,14,16). The van der Waals surface area contributed by atoms with Gasteiger partial charge in [0.05, 0.1) is 6.04 Å². The summed E-state index contributed by atoms with van der Waals surface area (Å²) < 4.78 is 0. The molecule has 0 aliphatic heterocycles. The molecule has 0 spiro atoms. The molecule has 0 aliphatic carbocycles. The number of amides is 1. The van der Waals surface area contributed by atoms with E-state index in [1.165, 1.54) is 0 Å².